The van der Waals surface area contributed by atoms with Crippen molar-refractivity contribution in [3.8, 4) is 0 Å². The molecule has 11 heteroatoms. The lowest BCUT2D eigenvalue weighted by Crippen LogP contribution is -2.37. The lowest BCUT2D eigenvalue weighted by atomic mass is 9.95. The fourth-order valence-electron chi connectivity index (χ4n) is 4.34. The number of aromatic amines is 2. The van der Waals surface area contributed by atoms with E-state index < -0.39 is 39.0 Å². The molecule has 0 bridgehead atoms. The van der Waals surface area contributed by atoms with Crippen LogP contribution in [0.4, 0.5) is 8.78 Å². The average molecular weight is 487 g/mol. The zero-order chi connectivity index (χ0) is 24.4. The Balaban J connectivity index is 1.58. The maximum Gasteiger partial charge on any atom is 0.270 e. The summed E-state index contributed by atoms with van der Waals surface area (Å²) in [6.07, 6.45) is 1.10. The summed E-state index contributed by atoms with van der Waals surface area (Å²) in [5.74, 6) is -2.67. The van der Waals surface area contributed by atoms with E-state index in [9.17, 15) is 26.8 Å². The van der Waals surface area contributed by atoms with E-state index in [0.29, 0.717) is 22.2 Å². The summed E-state index contributed by atoms with van der Waals surface area (Å²) in [5, 5.41) is 0.733. The molecule has 34 heavy (non-hydrogen) atoms. The van der Waals surface area contributed by atoms with Crippen LogP contribution in [-0.4, -0.2) is 49.1 Å². The summed E-state index contributed by atoms with van der Waals surface area (Å²) in [4.78, 5) is 32.9. The Morgan fingerprint density at radius 1 is 1.09 bits per heavy atom. The molecule has 176 valence electrons. The van der Waals surface area contributed by atoms with E-state index in [0.717, 1.165) is 18.4 Å². The molecule has 8 nitrogen and oxygen atoms in total. The van der Waals surface area contributed by atoms with Gasteiger partial charge in [0.25, 0.3) is 11.5 Å². The number of hydrogen-bond acceptors (Lipinski definition) is 5. The first-order valence-corrected chi connectivity index (χ1v) is 12.2. The molecule has 0 radical (unpaired) electrons. The molecule has 3 heterocycles. The number of rotatable bonds is 3. The number of aromatic nitrogens is 2. The number of nitrogens with zero attached hydrogens (tertiary/aromatic N) is 1. The summed E-state index contributed by atoms with van der Waals surface area (Å²) in [7, 11) is -1.88. The second kappa shape index (κ2) is 7.74. The van der Waals surface area contributed by atoms with Gasteiger partial charge in [-0.3, -0.25) is 9.59 Å². The second-order valence-electron chi connectivity index (χ2n) is 8.31. The minimum Gasteiger partial charge on any atom is -0.373 e. The number of fused-ring (bicyclic) bond motifs is 4. The van der Waals surface area contributed by atoms with Crippen LogP contribution >= 0.6 is 0 Å². The van der Waals surface area contributed by atoms with Gasteiger partial charge in [-0.05, 0) is 41.8 Å². The van der Waals surface area contributed by atoms with Gasteiger partial charge in [-0.15, -0.1) is 0 Å². The number of halogens is 2. The third kappa shape index (κ3) is 3.57. The highest BCUT2D eigenvalue weighted by Crippen LogP contribution is 2.34. The smallest absolute Gasteiger partial charge is 0.270 e. The van der Waals surface area contributed by atoms with E-state index in [-0.39, 0.29) is 34.6 Å². The predicted octanol–water partition coefficient (Wildman–Crippen LogP) is 3.03. The van der Waals surface area contributed by atoms with Crippen molar-refractivity contribution in [2.24, 2.45) is 0 Å². The molecule has 4 aromatic rings. The third-order valence-corrected chi connectivity index (χ3v) is 7.19. The first-order chi connectivity index (χ1) is 16.0. The lowest BCUT2D eigenvalue weighted by molar-refractivity contribution is 0.0333. The standard InChI is InChI=1S/C23H19F2N3O5S/c1-28(23(30)18-6-11-5-12(34(2,31)32)3-4-17(11)26-18)20-10-33-9-19-21(20)13-7-15(24)16(25)8-14(13)22(29)27-19/h3-8,20,26H,9-10H2,1-2H3,(H,27,29)/t20-/m1/s1. The van der Waals surface area contributed by atoms with Crippen LogP contribution in [0.15, 0.2) is 46.1 Å². The Morgan fingerprint density at radius 3 is 2.50 bits per heavy atom. The Morgan fingerprint density at radius 2 is 1.79 bits per heavy atom. The van der Waals surface area contributed by atoms with Crippen molar-refractivity contribution in [1.82, 2.24) is 14.9 Å². The Hall–Kier alpha value is -3.57. The van der Waals surface area contributed by atoms with Crippen LogP contribution in [0.3, 0.4) is 0 Å². The predicted molar refractivity (Wildman–Crippen MR) is 120 cm³/mol. The van der Waals surface area contributed by atoms with Crippen LogP contribution in [-0.2, 0) is 21.2 Å². The second-order valence-corrected chi connectivity index (χ2v) is 10.3. The maximum atomic E-state index is 14.1. The Bertz CT molecular complexity index is 1660. The molecular formula is C23H19F2N3O5S. The topological polar surface area (TPSA) is 112 Å². The molecule has 2 aromatic heterocycles. The molecule has 0 fully saturated rings. The number of likely N-dealkylation sites (N-methyl/N-ethyl adjacent to an activating group) is 1. The van der Waals surface area contributed by atoms with Crippen molar-refractivity contribution in [1.29, 1.82) is 0 Å². The van der Waals surface area contributed by atoms with Gasteiger partial charge in [0, 0.05) is 35.5 Å². The highest BCUT2D eigenvalue weighted by Gasteiger charge is 2.32. The molecule has 0 spiro atoms. The molecule has 1 aliphatic rings. The molecule has 1 atom stereocenters. The van der Waals surface area contributed by atoms with Crippen molar-refractivity contribution in [3.63, 3.8) is 0 Å². The number of nitrogens with one attached hydrogen (secondary N) is 2. The van der Waals surface area contributed by atoms with Gasteiger partial charge < -0.3 is 19.6 Å². The molecule has 0 aliphatic carbocycles. The number of amides is 1. The number of H-pyrrole nitrogens is 2. The van der Waals surface area contributed by atoms with Crippen molar-refractivity contribution < 1.29 is 26.7 Å². The van der Waals surface area contributed by atoms with Gasteiger partial charge in [0.05, 0.1) is 29.5 Å². The monoisotopic (exact) mass is 487 g/mol. The van der Waals surface area contributed by atoms with E-state index in [1.807, 2.05) is 0 Å². The van der Waals surface area contributed by atoms with E-state index in [4.69, 9.17) is 4.74 Å². The number of pyridine rings is 1. The third-order valence-electron chi connectivity index (χ3n) is 6.08. The van der Waals surface area contributed by atoms with E-state index >= 15 is 0 Å². The number of sulfone groups is 1. The molecule has 5 rings (SSSR count). The van der Waals surface area contributed by atoms with Gasteiger partial charge in [-0.2, -0.15) is 0 Å². The number of benzene rings is 2. The van der Waals surface area contributed by atoms with Crippen molar-refractivity contribution in [2.75, 3.05) is 19.9 Å². The Kier molecular flexibility index (Phi) is 5.06. The first kappa shape index (κ1) is 22.2. The van der Waals surface area contributed by atoms with Crippen LogP contribution in [0.5, 0.6) is 0 Å². The van der Waals surface area contributed by atoms with Gasteiger partial charge in [0.15, 0.2) is 21.5 Å². The molecule has 0 saturated carbocycles. The van der Waals surface area contributed by atoms with Crippen molar-refractivity contribution in [3.05, 3.63) is 75.3 Å². The highest BCUT2D eigenvalue weighted by molar-refractivity contribution is 7.90. The van der Waals surface area contributed by atoms with E-state index in [1.165, 1.54) is 24.1 Å². The minimum atomic E-state index is -3.42. The fourth-order valence-corrected chi connectivity index (χ4v) is 4.99. The summed E-state index contributed by atoms with van der Waals surface area (Å²) >= 11 is 0. The normalized spacial score (nSPS) is 16.1. The average Bonchev–Trinajstić information content (AvgIpc) is 3.22. The van der Waals surface area contributed by atoms with Gasteiger partial charge in [-0.1, -0.05) is 0 Å². The number of hydrogen-bond donors (Lipinski definition) is 2. The van der Waals surface area contributed by atoms with Crippen LogP contribution in [0, 0.1) is 11.6 Å². The van der Waals surface area contributed by atoms with Gasteiger partial charge >= 0.3 is 0 Å². The highest BCUT2D eigenvalue weighted by atomic mass is 32.2. The van der Waals surface area contributed by atoms with E-state index in [2.05, 4.69) is 9.97 Å². The van der Waals surface area contributed by atoms with Crippen LogP contribution < -0.4 is 5.56 Å². The Labute approximate surface area is 192 Å². The SMILES string of the molecule is CN(C(=O)c1cc2cc(S(C)(=O)=O)ccc2[nH]1)[C@@H]1COCc2[nH]c(=O)c3cc(F)c(F)cc3c21. The minimum absolute atomic E-state index is 0.0238. The van der Waals surface area contributed by atoms with Crippen LogP contribution in [0.1, 0.15) is 27.8 Å². The number of carbonyl (C=O) groups is 1. The molecule has 0 saturated heterocycles. The van der Waals surface area contributed by atoms with Crippen molar-refractivity contribution >= 4 is 37.4 Å². The number of ether oxygens (including phenoxy) is 1. The van der Waals surface area contributed by atoms with Gasteiger partial charge in [0.2, 0.25) is 0 Å². The van der Waals surface area contributed by atoms with E-state index in [1.54, 1.807) is 12.1 Å². The van der Waals surface area contributed by atoms with Gasteiger partial charge in [-0.25, -0.2) is 17.2 Å². The quantitative estimate of drug-likeness (QED) is 0.461. The summed E-state index contributed by atoms with van der Waals surface area (Å²) < 4.78 is 57.2. The van der Waals surface area contributed by atoms with Crippen molar-refractivity contribution in [2.45, 2.75) is 17.5 Å². The summed E-state index contributed by atoms with van der Waals surface area (Å²) in [5.41, 5.74) is 1.07. The largest absolute Gasteiger partial charge is 0.373 e. The molecule has 1 aliphatic heterocycles. The molecular weight excluding hydrogens is 468 g/mol. The summed E-state index contributed by atoms with van der Waals surface area (Å²) in [6.45, 7) is 0.131. The zero-order valence-corrected chi connectivity index (χ0v) is 18.9. The molecule has 2 aromatic carbocycles. The van der Waals surface area contributed by atoms with Crippen LogP contribution in [0.2, 0.25) is 0 Å². The molecule has 0 unspecified atom stereocenters. The molecule has 2 N–H and O–H groups in total. The van der Waals surface area contributed by atoms with Crippen LogP contribution in [0.25, 0.3) is 21.7 Å². The van der Waals surface area contributed by atoms with Gasteiger partial charge in [0.1, 0.15) is 5.69 Å². The summed E-state index contributed by atoms with van der Waals surface area (Å²) in [6, 6.07) is 7.17. The maximum absolute atomic E-state index is 14.1. The first-order valence-electron chi connectivity index (χ1n) is 10.3. The zero-order valence-electron chi connectivity index (χ0n) is 18.1. The fraction of sp³-hybridized carbons (Fsp3) is 0.217. The molecule has 1 amide bonds. The lowest BCUT2D eigenvalue weighted by Gasteiger charge is -2.33. The number of carbonyl (C=O) groups excluding carboxylic acids is 1.